The molecule has 0 spiro atoms. The van der Waals surface area contributed by atoms with E-state index in [9.17, 15) is 0 Å². The van der Waals surface area contributed by atoms with Gasteiger partial charge in [0.1, 0.15) is 5.82 Å². The third kappa shape index (κ3) is 5.02. The van der Waals surface area contributed by atoms with E-state index in [1.165, 1.54) is 55.1 Å². The summed E-state index contributed by atoms with van der Waals surface area (Å²) < 4.78 is 2.47. The number of fused-ring (bicyclic) bond motifs is 10. The van der Waals surface area contributed by atoms with E-state index in [-0.39, 0.29) is 11.3 Å². The van der Waals surface area contributed by atoms with Gasteiger partial charge in [-0.1, -0.05) is 153 Å². The Morgan fingerprint density at radius 2 is 1.20 bits per heavy atom. The fourth-order valence-corrected chi connectivity index (χ4v) is 9.65. The van der Waals surface area contributed by atoms with Crippen molar-refractivity contribution in [1.29, 1.82) is 0 Å². The van der Waals surface area contributed by atoms with Crippen molar-refractivity contribution in [3.63, 3.8) is 0 Å². The van der Waals surface area contributed by atoms with Crippen LogP contribution < -0.4 is 4.90 Å². The fourth-order valence-electron chi connectivity index (χ4n) is 9.65. The number of para-hydroxylation sites is 3. The monoisotopic (exact) mass is 758 g/mol. The van der Waals surface area contributed by atoms with Crippen molar-refractivity contribution in [2.75, 3.05) is 4.90 Å². The highest BCUT2D eigenvalue weighted by Gasteiger charge is 2.41. The third-order valence-corrected chi connectivity index (χ3v) is 12.3. The summed E-state index contributed by atoms with van der Waals surface area (Å²) in [5.74, 6) is 1.89. The Kier molecular flexibility index (Phi) is 7.23. The number of benzene rings is 7. The van der Waals surface area contributed by atoms with Gasteiger partial charge < -0.3 is 14.5 Å². The summed E-state index contributed by atoms with van der Waals surface area (Å²) in [6.07, 6.45) is 6.78. The molecule has 1 unspecified atom stereocenters. The number of hydrogen-bond acceptors (Lipinski definition) is 4. The van der Waals surface area contributed by atoms with E-state index < -0.39 is 0 Å². The fraction of sp³-hybridized carbons (Fsp3) is 0.0755. The number of hydrogen-bond donors (Lipinski definition) is 1. The molecule has 10 aromatic rings. The molecule has 12 rings (SSSR count). The molecule has 0 amide bonds. The van der Waals surface area contributed by atoms with Crippen LogP contribution in [-0.2, 0) is 5.41 Å². The molecule has 3 aromatic heterocycles. The number of nitrogens with one attached hydrogen (secondary N) is 1. The van der Waals surface area contributed by atoms with E-state index in [2.05, 4.69) is 174 Å². The zero-order valence-electron chi connectivity index (χ0n) is 32.6. The Bertz CT molecular complexity index is 3300. The van der Waals surface area contributed by atoms with Crippen molar-refractivity contribution < 1.29 is 0 Å². The van der Waals surface area contributed by atoms with Crippen molar-refractivity contribution >= 4 is 66.4 Å². The standard InChI is InChI=1S/C53H38N6/c1-53(2)42-30-28-41-39-23-13-15-25-44(39)59(37-27-26-35(32-37)52-56-50(33-16-6-3-7-17-33)55-51(57-52)34-18-8-4-9-19-34)48(41)49(42)58(36-20-10-5-11-21-36)45-31-29-40-38-22-12-14-24-43(38)54-47(40)46(45)53/h3-32,35,54H,1-2H3. The van der Waals surface area contributed by atoms with E-state index in [4.69, 9.17) is 15.0 Å². The maximum absolute atomic E-state index is 5.12. The summed E-state index contributed by atoms with van der Waals surface area (Å²) in [5.41, 5.74) is 13.4. The highest BCUT2D eigenvalue weighted by molar-refractivity contribution is 6.18. The Labute approximate surface area is 341 Å². The van der Waals surface area contributed by atoms with Gasteiger partial charge in [-0.15, -0.1) is 0 Å². The maximum atomic E-state index is 5.12. The lowest BCUT2D eigenvalue weighted by Gasteiger charge is -2.42. The van der Waals surface area contributed by atoms with Crippen LogP contribution in [0, 0.1) is 0 Å². The van der Waals surface area contributed by atoms with Crippen molar-refractivity contribution in [3.8, 4) is 22.8 Å². The first-order valence-electron chi connectivity index (χ1n) is 20.3. The van der Waals surface area contributed by atoms with Crippen LogP contribution in [0.15, 0.2) is 182 Å². The van der Waals surface area contributed by atoms with Gasteiger partial charge in [0.25, 0.3) is 0 Å². The first-order chi connectivity index (χ1) is 29.0. The third-order valence-electron chi connectivity index (χ3n) is 12.3. The minimum Gasteiger partial charge on any atom is -0.354 e. The minimum atomic E-state index is -0.346. The van der Waals surface area contributed by atoms with Gasteiger partial charge >= 0.3 is 0 Å². The summed E-state index contributed by atoms with van der Waals surface area (Å²) >= 11 is 0. The molecule has 0 saturated carbocycles. The second-order valence-electron chi connectivity index (χ2n) is 16.1. The molecule has 1 atom stereocenters. The zero-order valence-corrected chi connectivity index (χ0v) is 32.6. The first kappa shape index (κ1) is 33.6. The number of aromatic nitrogens is 5. The molecule has 0 saturated heterocycles. The minimum absolute atomic E-state index is 0.161. The second kappa shape index (κ2) is 12.7. The number of nitrogens with zero attached hydrogens (tertiary/aromatic N) is 5. The summed E-state index contributed by atoms with van der Waals surface area (Å²) in [5, 5.41) is 4.91. The van der Waals surface area contributed by atoms with Crippen LogP contribution in [0.25, 0.3) is 72.1 Å². The lowest BCUT2D eigenvalue weighted by molar-refractivity contribution is 0.638. The molecule has 6 heteroatoms. The van der Waals surface area contributed by atoms with Gasteiger partial charge in [0.05, 0.1) is 33.8 Å². The Balaban J connectivity index is 1.11. The molecule has 0 fully saturated rings. The number of allylic oxidation sites excluding steroid dienone is 4. The number of H-pyrrole nitrogens is 1. The van der Waals surface area contributed by atoms with Crippen molar-refractivity contribution in [1.82, 2.24) is 24.5 Å². The molecule has 1 aliphatic carbocycles. The van der Waals surface area contributed by atoms with Crippen LogP contribution in [0.1, 0.15) is 36.7 Å². The van der Waals surface area contributed by atoms with Gasteiger partial charge in [-0.25, -0.2) is 15.0 Å². The van der Waals surface area contributed by atoms with E-state index >= 15 is 0 Å². The first-order valence-corrected chi connectivity index (χ1v) is 20.3. The molecule has 0 bridgehead atoms. The second-order valence-corrected chi connectivity index (χ2v) is 16.1. The predicted molar refractivity (Wildman–Crippen MR) is 242 cm³/mol. The SMILES string of the molecule is CC1(C)c2ccc3c4ccccc4n(C4=CC(c5nc(-c6ccccc6)nc(-c6ccccc6)n5)C=C4)c3c2N(c2ccccc2)c2ccc3c([nH]c4ccccc43)c21. The molecule has 59 heavy (non-hydrogen) atoms. The van der Waals surface area contributed by atoms with Gasteiger partial charge in [-0.2, -0.15) is 0 Å². The average Bonchev–Trinajstić information content (AvgIpc) is 4.02. The number of aromatic amines is 1. The summed E-state index contributed by atoms with van der Waals surface area (Å²) in [4.78, 5) is 21.6. The van der Waals surface area contributed by atoms with E-state index in [0.717, 1.165) is 39.4 Å². The van der Waals surface area contributed by atoms with E-state index in [0.29, 0.717) is 11.6 Å². The van der Waals surface area contributed by atoms with Crippen LogP contribution in [-0.4, -0.2) is 24.5 Å². The lowest BCUT2D eigenvalue weighted by Crippen LogP contribution is -2.31. The van der Waals surface area contributed by atoms with Gasteiger partial charge in [0, 0.05) is 60.6 Å². The number of rotatable bonds is 5. The summed E-state index contributed by atoms with van der Waals surface area (Å²) in [6.45, 7) is 4.77. The number of anilines is 3. The highest BCUT2D eigenvalue weighted by Crippen LogP contribution is 2.57. The average molecular weight is 759 g/mol. The zero-order chi connectivity index (χ0) is 39.2. The van der Waals surface area contributed by atoms with Crippen LogP contribution in [0.3, 0.4) is 0 Å². The Morgan fingerprint density at radius 1 is 0.576 bits per heavy atom. The highest BCUT2D eigenvalue weighted by atomic mass is 15.2. The van der Waals surface area contributed by atoms with Crippen LogP contribution in [0.2, 0.25) is 0 Å². The Morgan fingerprint density at radius 3 is 1.93 bits per heavy atom. The summed E-state index contributed by atoms with van der Waals surface area (Å²) in [7, 11) is 0. The van der Waals surface area contributed by atoms with Gasteiger partial charge in [0.2, 0.25) is 0 Å². The molecular formula is C53H38N6. The van der Waals surface area contributed by atoms with E-state index in [1.807, 2.05) is 36.4 Å². The van der Waals surface area contributed by atoms with Crippen LogP contribution in [0.5, 0.6) is 0 Å². The quantitative estimate of drug-likeness (QED) is 0.190. The lowest BCUT2D eigenvalue weighted by atomic mass is 9.72. The molecular weight excluding hydrogens is 721 g/mol. The maximum Gasteiger partial charge on any atom is 0.163 e. The van der Waals surface area contributed by atoms with Crippen molar-refractivity contribution in [2.24, 2.45) is 0 Å². The van der Waals surface area contributed by atoms with E-state index in [1.54, 1.807) is 0 Å². The van der Waals surface area contributed by atoms with Crippen molar-refractivity contribution in [2.45, 2.75) is 25.2 Å². The molecule has 1 N–H and O–H groups in total. The van der Waals surface area contributed by atoms with Gasteiger partial charge in [0.15, 0.2) is 11.6 Å². The predicted octanol–water partition coefficient (Wildman–Crippen LogP) is 13.3. The Hall–Kier alpha value is -7.57. The summed E-state index contributed by atoms with van der Waals surface area (Å²) in [6, 6.07) is 58.0. The van der Waals surface area contributed by atoms with Gasteiger partial charge in [-0.3, -0.25) is 0 Å². The van der Waals surface area contributed by atoms with Crippen LogP contribution >= 0.6 is 0 Å². The van der Waals surface area contributed by atoms with Gasteiger partial charge in [-0.05, 0) is 48.0 Å². The topological polar surface area (TPSA) is 62.6 Å². The van der Waals surface area contributed by atoms with Crippen LogP contribution in [0.4, 0.5) is 17.1 Å². The molecule has 6 nitrogen and oxygen atoms in total. The molecule has 280 valence electrons. The normalized spacial score (nSPS) is 15.6. The molecule has 7 aromatic carbocycles. The largest absolute Gasteiger partial charge is 0.354 e. The molecule has 2 aliphatic rings. The van der Waals surface area contributed by atoms with Crippen molar-refractivity contribution in [3.05, 3.63) is 199 Å². The molecule has 1 aliphatic heterocycles. The molecule has 0 radical (unpaired) electrons. The molecule has 4 heterocycles. The smallest absolute Gasteiger partial charge is 0.163 e.